The molecule has 0 aromatic rings. The third kappa shape index (κ3) is 3.93. The molecule has 0 atom stereocenters. The van der Waals surface area contributed by atoms with Gasteiger partial charge in [0.05, 0.1) is 0 Å². The molecule has 0 aliphatic heterocycles. The van der Waals surface area contributed by atoms with Gasteiger partial charge >= 0.3 is 0 Å². The van der Waals surface area contributed by atoms with Crippen LogP contribution in [0.2, 0.25) is 0 Å². The molecule has 0 aromatic heterocycles. The van der Waals surface area contributed by atoms with E-state index >= 15 is 0 Å². The van der Waals surface area contributed by atoms with E-state index in [2.05, 4.69) is 52.2 Å². The highest BCUT2D eigenvalue weighted by molar-refractivity contribution is 5.35. The summed E-state index contributed by atoms with van der Waals surface area (Å²) in [6, 6.07) is 0. The van der Waals surface area contributed by atoms with Gasteiger partial charge in [-0.25, -0.2) is 0 Å². The molecule has 0 spiro atoms. The molecular weight excluding hydrogens is 156 g/mol. The van der Waals surface area contributed by atoms with Crippen molar-refractivity contribution in [1.29, 1.82) is 0 Å². The van der Waals surface area contributed by atoms with Crippen LogP contribution in [0.3, 0.4) is 0 Å². The summed E-state index contributed by atoms with van der Waals surface area (Å²) in [5.74, 6) is 0. The van der Waals surface area contributed by atoms with Crippen LogP contribution >= 0.6 is 0 Å². The van der Waals surface area contributed by atoms with Crippen molar-refractivity contribution in [2.24, 2.45) is 0 Å². The Labute approximate surface area is 82.4 Å². The molecule has 1 rings (SSSR count). The van der Waals surface area contributed by atoms with Crippen molar-refractivity contribution in [3.63, 3.8) is 0 Å². The predicted octanol–water partition coefficient (Wildman–Crippen LogP) is 4.42. The molecule has 0 amide bonds. The van der Waals surface area contributed by atoms with Crippen LogP contribution in [0.1, 0.15) is 33.6 Å². The molecule has 0 N–H and O–H groups in total. The second-order valence-corrected chi connectivity index (χ2v) is 3.18. The molecule has 13 heavy (non-hydrogen) atoms. The molecule has 0 radical (unpaired) electrons. The van der Waals surface area contributed by atoms with Gasteiger partial charge in [0.1, 0.15) is 0 Å². The first-order chi connectivity index (χ1) is 6.24. The second kappa shape index (κ2) is 6.47. The van der Waals surface area contributed by atoms with Crippen LogP contribution < -0.4 is 0 Å². The van der Waals surface area contributed by atoms with E-state index in [1.807, 2.05) is 0 Å². The van der Waals surface area contributed by atoms with Crippen molar-refractivity contribution in [2.45, 2.75) is 33.6 Å². The van der Waals surface area contributed by atoms with Crippen molar-refractivity contribution in [1.82, 2.24) is 0 Å². The smallest absolute Gasteiger partial charge is 0.0239 e. The molecule has 0 fully saturated rings. The summed E-state index contributed by atoms with van der Waals surface area (Å²) < 4.78 is 0. The number of hydrogen-bond donors (Lipinski definition) is 0. The number of rotatable bonds is 1. The van der Waals surface area contributed by atoms with E-state index in [0.717, 1.165) is 0 Å². The molecule has 0 saturated carbocycles. The summed E-state index contributed by atoms with van der Waals surface area (Å²) in [5.41, 5.74) is 4.42. The van der Waals surface area contributed by atoms with Crippen LogP contribution in [-0.4, -0.2) is 0 Å². The van der Waals surface area contributed by atoms with Gasteiger partial charge in [-0.15, -0.1) is 13.2 Å². The molecule has 0 aromatic carbocycles. The molecule has 0 heterocycles. The maximum atomic E-state index is 3.00. The normalized spacial score (nSPS) is 16.7. The summed E-state index contributed by atoms with van der Waals surface area (Å²) in [6.07, 6.45) is 9.11. The highest BCUT2D eigenvalue weighted by atomic mass is 14.1. The molecule has 72 valence electrons. The average molecular weight is 176 g/mol. The molecular formula is C13H20. The van der Waals surface area contributed by atoms with Gasteiger partial charge in [-0.1, -0.05) is 29.4 Å². The van der Waals surface area contributed by atoms with Gasteiger partial charge in [0.15, 0.2) is 0 Å². The zero-order valence-electron chi connectivity index (χ0n) is 9.06. The average Bonchev–Trinajstić information content (AvgIpc) is 2.21. The molecule has 1 aliphatic carbocycles. The van der Waals surface area contributed by atoms with Gasteiger partial charge in [-0.3, -0.25) is 0 Å². The minimum absolute atomic E-state index is 1.22. The Morgan fingerprint density at radius 3 is 2.31 bits per heavy atom. The van der Waals surface area contributed by atoms with E-state index in [1.165, 1.54) is 29.6 Å². The monoisotopic (exact) mass is 176 g/mol. The Bertz CT molecular complexity index is 239. The summed E-state index contributed by atoms with van der Waals surface area (Å²) in [7, 11) is 0. The Balaban J connectivity index is 0.000000671. The van der Waals surface area contributed by atoms with Gasteiger partial charge in [-0.05, 0) is 39.2 Å². The lowest BCUT2D eigenvalue weighted by molar-refractivity contribution is 0.911. The van der Waals surface area contributed by atoms with Crippen LogP contribution in [0.4, 0.5) is 0 Å². The van der Waals surface area contributed by atoms with Crippen molar-refractivity contribution in [3.8, 4) is 0 Å². The van der Waals surface area contributed by atoms with Gasteiger partial charge in [0.25, 0.3) is 0 Å². The highest BCUT2D eigenvalue weighted by Crippen LogP contribution is 2.22. The van der Waals surface area contributed by atoms with E-state index in [0.29, 0.717) is 0 Å². The van der Waals surface area contributed by atoms with Crippen LogP contribution in [0.5, 0.6) is 0 Å². The van der Waals surface area contributed by atoms with Crippen molar-refractivity contribution in [2.75, 3.05) is 0 Å². The molecule has 0 unspecified atom stereocenters. The molecule has 0 heteroatoms. The van der Waals surface area contributed by atoms with Crippen LogP contribution in [0.25, 0.3) is 0 Å². The first kappa shape index (κ1) is 12.0. The van der Waals surface area contributed by atoms with E-state index in [4.69, 9.17) is 0 Å². The van der Waals surface area contributed by atoms with Gasteiger partial charge in [0, 0.05) is 0 Å². The first-order valence-electron chi connectivity index (χ1n) is 4.73. The molecule has 0 saturated heterocycles. The van der Waals surface area contributed by atoms with Crippen LogP contribution in [0.15, 0.2) is 48.1 Å². The lowest BCUT2D eigenvalue weighted by Gasteiger charge is -2.11. The third-order valence-electron chi connectivity index (χ3n) is 2.30. The topological polar surface area (TPSA) is 0 Å². The van der Waals surface area contributed by atoms with Crippen molar-refractivity contribution < 1.29 is 0 Å². The molecule has 0 bridgehead atoms. The van der Waals surface area contributed by atoms with Gasteiger partial charge in [-0.2, -0.15) is 0 Å². The fourth-order valence-corrected chi connectivity index (χ4v) is 1.26. The molecule has 0 nitrogen and oxygen atoms in total. The van der Waals surface area contributed by atoms with E-state index in [-0.39, 0.29) is 0 Å². The summed E-state index contributed by atoms with van der Waals surface area (Å²) in [5, 5.41) is 0. The van der Waals surface area contributed by atoms with Gasteiger partial charge in [0.2, 0.25) is 0 Å². The van der Waals surface area contributed by atoms with Crippen LogP contribution in [0, 0.1) is 0 Å². The minimum atomic E-state index is 1.22. The SMILES string of the molecule is C/C=C(\C)C1=CC=C(C)CC1.C=C. The van der Waals surface area contributed by atoms with Gasteiger partial charge < -0.3 is 0 Å². The largest absolute Gasteiger partial charge is 0.106 e. The van der Waals surface area contributed by atoms with E-state index < -0.39 is 0 Å². The fourth-order valence-electron chi connectivity index (χ4n) is 1.26. The van der Waals surface area contributed by atoms with E-state index in [1.54, 1.807) is 0 Å². The predicted molar refractivity (Wildman–Crippen MR) is 61.8 cm³/mol. The summed E-state index contributed by atoms with van der Waals surface area (Å²) in [6.45, 7) is 12.5. The van der Waals surface area contributed by atoms with Crippen molar-refractivity contribution >= 4 is 0 Å². The lowest BCUT2D eigenvalue weighted by Crippen LogP contribution is -1.91. The zero-order valence-corrected chi connectivity index (χ0v) is 9.06. The Morgan fingerprint density at radius 2 is 1.92 bits per heavy atom. The standard InChI is InChI=1S/C11H16.C2H4/c1-4-10(3)11-7-5-9(2)6-8-11;1-2/h4-5,7H,6,8H2,1-3H3;1-2H2/b10-4+;. The Hall–Kier alpha value is -1.04. The Morgan fingerprint density at radius 1 is 1.31 bits per heavy atom. The number of hydrogen-bond acceptors (Lipinski definition) is 0. The maximum Gasteiger partial charge on any atom is -0.0239 e. The summed E-state index contributed by atoms with van der Waals surface area (Å²) in [4.78, 5) is 0. The summed E-state index contributed by atoms with van der Waals surface area (Å²) >= 11 is 0. The highest BCUT2D eigenvalue weighted by Gasteiger charge is 2.03. The second-order valence-electron chi connectivity index (χ2n) is 3.18. The number of allylic oxidation sites excluding steroid dienone is 6. The lowest BCUT2D eigenvalue weighted by atomic mass is 9.95. The quantitative estimate of drug-likeness (QED) is 0.519. The van der Waals surface area contributed by atoms with Crippen molar-refractivity contribution in [3.05, 3.63) is 48.1 Å². The Kier molecular flexibility index (Phi) is 5.96. The van der Waals surface area contributed by atoms with E-state index in [9.17, 15) is 0 Å². The first-order valence-corrected chi connectivity index (χ1v) is 4.73. The fraction of sp³-hybridized carbons (Fsp3) is 0.385. The molecule has 1 aliphatic rings. The maximum absolute atomic E-state index is 3.00. The van der Waals surface area contributed by atoms with Crippen LogP contribution in [-0.2, 0) is 0 Å². The minimum Gasteiger partial charge on any atom is -0.106 e. The zero-order chi connectivity index (χ0) is 10.3. The third-order valence-corrected chi connectivity index (χ3v) is 2.30.